The van der Waals surface area contributed by atoms with E-state index in [4.69, 9.17) is 16.9 Å². The Morgan fingerprint density at radius 2 is 2.15 bits per heavy atom. The predicted octanol–water partition coefficient (Wildman–Crippen LogP) is 2.72. The molecule has 0 atom stereocenters. The van der Waals surface area contributed by atoms with E-state index in [2.05, 4.69) is 0 Å². The second kappa shape index (κ2) is 3.59. The molecule has 0 saturated carbocycles. The molecule has 0 N–H and O–H groups in total. The molecule has 0 unspecified atom stereocenters. The van der Waals surface area contributed by atoms with E-state index in [1.54, 1.807) is 12.1 Å². The van der Waals surface area contributed by atoms with Gasteiger partial charge in [-0.05, 0) is 31.5 Å². The third kappa shape index (κ3) is 1.88. The Morgan fingerprint density at radius 1 is 1.54 bits per heavy atom. The molecule has 1 rings (SSSR count). The third-order valence-electron chi connectivity index (χ3n) is 1.73. The van der Waals surface area contributed by atoms with Crippen molar-refractivity contribution < 1.29 is 4.79 Å². The third-order valence-corrected chi connectivity index (χ3v) is 2.02. The van der Waals surface area contributed by atoms with E-state index in [-0.39, 0.29) is 11.3 Å². The highest BCUT2D eigenvalue weighted by Crippen LogP contribution is 2.21. The summed E-state index contributed by atoms with van der Waals surface area (Å²) in [6.45, 7) is 3.26. The molecular weight excluding hydrogens is 186 g/mol. The van der Waals surface area contributed by atoms with Crippen LogP contribution in [0.5, 0.6) is 0 Å². The number of benzene rings is 1. The van der Waals surface area contributed by atoms with Crippen molar-refractivity contribution in [2.45, 2.75) is 13.8 Å². The Balaban J connectivity index is 3.50. The van der Waals surface area contributed by atoms with Crippen molar-refractivity contribution in [2.24, 2.45) is 0 Å². The Morgan fingerprint density at radius 3 is 2.62 bits per heavy atom. The van der Waals surface area contributed by atoms with Crippen LogP contribution in [0.2, 0.25) is 5.02 Å². The lowest BCUT2D eigenvalue weighted by atomic mass is 10.0. The molecule has 0 aliphatic heterocycles. The van der Waals surface area contributed by atoms with Gasteiger partial charge in [-0.25, -0.2) is 0 Å². The van der Waals surface area contributed by atoms with E-state index in [1.165, 1.54) is 6.92 Å². The number of Topliss-reactive ketones (excluding diaryl/α,β-unsaturated/α-hetero) is 1. The van der Waals surface area contributed by atoms with Crippen molar-refractivity contribution in [3.05, 3.63) is 33.8 Å². The molecule has 3 heteroatoms. The average molecular weight is 194 g/mol. The quantitative estimate of drug-likeness (QED) is 0.644. The number of ketones is 1. The highest BCUT2D eigenvalue weighted by atomic mass is 35.5. The zero-order valence-electron chi connectivity index (χ0n) is 7.39. The molecule has 0 fully saturated rings. The Kier molecular flexibility index (Phi) is 2.69. The number of halogens is 1. The Bertz CT molecular complexity index is 404. The van der Waals surface area contributed by atoms with Gasteiger partial charge in [0.25, 0.3) is 0 Å². The highest BCUT2D eigenvalue weighted by Gasteiger charge is 2.10. The van der Waals surface area contributed by atoms with Gasteiger partial charge in [0.15, 0.2) is 5.78 Å². The van der Waals surface area contributed by atoms with Crippen LogP contribution in [0.1, 0.15) is 28.4 Å². The summed E-state index contributed by atoms with van der Waals surface area (Å²) in [6, 6.07) is 5.27. The topological polar surface area (TPSA) is 40.9 Å². The van der Waals surface area contributed by atoms with Gasteiger partial charge in [0.2, 0.25) is 0 Å². The van der Waals surface area contributed by atoms with Gasteiger partial charge >= 0.3 is 0 Å². The van der Waals surface area contributed by atoms with Crippen molar-refractivity contribution in [1.82, 2.24) is 0 Å². The van der Waals surface area contributed by atoms with Gasteiger partial charge in [-0.2, -0.15) is 5.26 Å². The summed E-state index contributed by atoms with van der Waals surface area (Å²) in [6.07, 6.45) is 0. The summed E-state index contributed by atoms with van der Waals surface area (Å²) in [7, 11) is 0. The first-order chi connectivity index (χ1) is 6.06. The van der Waals surface area contributed by atoms with E-state index in [0.717, 1.165) is 5.56 Å². The molecule has 1 aromatic carbocycles. The first-order valence-electron chi connectivity index (χ1n) is 3.77. The van der Waals surface area contributed by atoms with Crippen LogP contribution >= 0.6 is 11.6 Å². The van der Waals surface area contributed by atoms with Crippen LogP contribution < -0.4 is 0 Å². The first kappa shape index (κ1) is 9.76. The lowest BCUT2D eigenvalue weighted by Crippen LogP contribution is -1.98. The van der Waals surface area contributed by atoms with Crippen LogP contribution in [0, 0.1) is 18.3 Å². The molecule has 1 aromatic rings. The molecule has 0 amide bonds. The van der Waals surface area contributed by atoms with Gasteiger partial charge in [0, 0.05) is 5.56 Å². The summed E-state index contributed by atoms with van der Waals surface area (Å²) < 4.78 is 0. The van der Waals surface area contributed by atoms with Crippen LogP contribution in [-0.2, 0) is 0 Å². The van der Waals surface area contributed by atoms with Crippen LogP contribution in [0.25, 0.3) is 0 Å². The summed E-state index contributed by atoms with van der Waals surface area (Å²) in [4.78, 5) is 11.1. The van der Waals surface area contributed by atoms with Crippen LogP contribution in [-0.4, -0.2) is 5.78 Å². The van der Waals surface area contributed by atoms with E-state index in [9.17, 15) is 4.79 Å². The van der Waals surface area contributed by atoms with Gasteiger partial charge in [0.1, 0.15) is 6.07 Å². The van der Waals surface area contributed by atoms with Crippen molar-refractivity contribution in [2.75, 3.05) is 0 Å². The number of hydrogen-bond acceptors (Lipinski definition) is 2. The zero-order valence-corrected chi connectivity index (χ0v) is 8.14. The van der Waals surface area contributed by atoms with Crippen molar-refractivity contribution in [3.8, 4) is 6.07 Å². The molecule has 0 radical (unpaired) electrons. The average Bonchev–Trinajstić information content (AvgIpc) is 2.02. The minimum atomic E-state index is -0.137. The normalized spacial score (nSPS) is 9.38. The molecule has 0 bridgehead atoms. The maximum atomic E-state index is 11.1. The SMILES string of the molecule is CC(=O)c1cc(C)cc(Cl)c1C#N. The lowest BCUT2D eigenvalue weighted by molar-refractivity contribution is 0.101. The Hall–Kier alpha value is -1.33. The molecule has 0 spiro atoms. The molecule has 0 aromatic heterocycles. The van der Waals surface area contributed by atoms with Crippen molar-refractivity contribution in [3.63, 3.8) is 0 Å². The first-order valence-corrected chi connectivity index (χ1v) is 4.15. The fourth-order valence-corrected chi connectivity index (χ4v) is 1.45. The van der Waals surface area contributed by atoms with Crippen LogP contribution in [0.3, 0.4) is 0 Å². The molecule has 0 saturated heterocycles. The van der Waals surface area contributed by atoms with Crippen LogP contribution in [0.15, 0.2) is 12.1 Å². The van der Waals surface area contributed by atoms with Gasteiger partial charge in [-0.1, -0.05) is 11.6 Å². The number of carbonyl (C=O) groups excluding carboxylic acids is 1. The molecule has 13 heavy (non-hydrogen) atoms. The van der Waals surface area contributed by atoms with E-state index in [1.807, 2.05) is 13.0 Å². The van der Waals surface area contributed by atoms with Gasteiger partial charge in [0.05, 0.1) is 10.6 Å². The second-order valence-electron chi connectivity index (χ2n) is 2.84. The van der Waals surface area contributed by atoms with Gasteiger partial charge < -0.3 is 0 Å². The molecule has 66 valence electrons. The monoisotopic (exact) mass is 193 g/mol. The minimum Gasteiger partial charge on any atom is -0.294 e. The van der Waals surface area contributed by atoms with Crippen LogP contribution in [0.4, 0.5) is 0 Å². The number of nitrogens with zero attached hydrogens (tertiary/aromatic N) is 1. The fraction of sp³-hybridized carbons (Fsp3) is 0.200. The van der Waals surface area contributed by atoms with Gasteiger partial charge in [-0.3, -0.25) is 4.79 Å². The lowest BCUT2D eigenvalue weighted by Gasteiger charge is -2.03. The van der Waals surface area contributed by atoms with Crippen molar-refractivity contribution >= 4 is 17.4 Å². The van der Waals surface area contributed by atoms with E-state index in [0.29, 0.717) is 10.6 Å². The summed E-state index contributed by atoms with van der Waals surface area (Å²) in [5.74, 6) is -0.137. The van der Waals surface area contributed by atoms with E-state index >= 15 is 0 Å². The molecule has 0 heterocycles. The maximum absolute atomic E-state index is 11.1. The molecule has 2 nitrogen and oxygen atoms in total. The largest absolute Gasteiger partial charge is 0.294 e. The summed E-state index contributed by atoms with van der Waals surface area (Å²) in [5.41, 5.74) is 1.54. The second-order valence-corrected chi connectivity index (χ2v) is 3.24. The summed E-state index contributed by atoms with van der Waals surface area (Å²) >= 11 is 5.80. The number of hydrogen-bond donors (Lipinski definition) is 0. The smallest absolute Gasteiger partial charge is 0.161 e. The number of carbonyl (C=O) groups is 1. The number of aryl methyl sites for hydroxylation is 1. The summed E-state index contributed by atoms with van der Waals surface area (Å²) in [5, 5.41) is 9.09. The maximum Gasteiger partial charge on any atom is 0.161 e. The molecule has 0 aliphatic carbocycles. The standard InChI is InChI=1S/C10H8ClNO/c1-6-3-8(7(2)13)9(5-12)10(11)4-6/h3-4H,1-2H3. The predicted molar refractivity (Wildman–Crippen MR) is 50.9 cm³/mol. The van der Waals surface area contributed by atoms with Gasteiger partial charge in [-0.15, -0.1) is 0 Å². The number of rotatable bonds is 1. The number of nitriles is 1. The fourth-order valence-electron chi connectivity index (χ4n) is 1.13. The van der Waals surface area contributed by atoms with E-state index < -0.39 is 0 Å². The highest BCUT2D eigenvalue weighted by molar-refractivity contribution is 6.32. The Labute approximate surface area is 81.7 Å². The van der Waals surface area contributed by atoms with Crippen molar-refractivity contribution in [1.29, 1.82) is 5.26 Å². The molecule has 0 aliphatic rings. The minimum absolute atomic E-state index is 0.137. The zero-order chi connectivity index (χ0) is 10.0. The molecular formula is C10H8ClNO.